The van der Waals surface area contributed by atoms with Gasteiger partial charge in [-0.05, 0) is 24.3 Å². The van der Waals surface area contributed by atoms with Gasteiger partial charge in [-0.1, -0.05) is 0 Å². The minimum Gasteiger partial charge on any atom is -0.508 e. The number of nitrogens with two attached hydrogens (primary N) is 1. The van der Waals surface area contributed by atoms with Gasteiger partial charge in [0.25, 0.3) is 0 Å². The third-order valence-corrected chi connectivity index (χ3v) is 1.97. The number of phenols is 1. The first-order valence-corrected chi connectivity index (χ1v) is 4.94. The van der Waals surface area contributed by atoms with Gasteiger partial charge in [0.05, 0.1) is 5.69 Å². The van der Waals surface area contributed by atoms with Gasteiger partial charge >= 0.3 is 10.1 Å². The van der Waals surface area contributed by atoms with Crippen molar-refractivity contribution in [3.05, 3.63) is 24.3 Å². The molecule has 0 bridgehead atoms. The van der Waals surface area contributed by atoms with Crippen LogP contribution in [0.4, 0.5) is 5.69 Å². The zero-order valence-corrected chi connectivity index (χ0v) is 7.77. The molecule has 1 rings (SSSR count). The summed E-state index contributed by atoms with van der Waals surface area (Å²) in [7, 11) is -4.45. The van der Waals surface area contributed by atoms with Crippen LogP contribution in [0.5, 0.6) is 5.75 Å². The summed E-state index contributed by atoms with van der Waals surface area (Å²) < 4.78 is 29.4. The summed E-state index contributed by atoms with van der Waals surface area (Å²) in [5.41, 5.74) is 5.19. The fraction of sp³-hybridized carbons (Fsp3) is 0. The topological polar surface area (TPSA) is 113 Å². The normalized spacial score (nSPS) is 12.8. The van der Waals surface area contributed by atoms with Crippen LogP contribution in [0.25, 0.3) is 0 Å². The van der Waals surface area contributed by atoms with Crippen molar-refractivity contribution in [2.75, 3.05) is 0 Å². The van der Waals surface area contributed by atoms with Gasteiger partial charge in [-0.25, -0.2) is 4.99 Å². The van der Waals surface area contributed by atoms with Crippen molar-refractivity contribution in [3.8, 4) is 5.75 Å². The number of aliphatic imine (C=N–C) groups is 1. The summed E-state index contributed by atoms with van der Waals surface area (Å²) >= 11 is 0. The fourth-order valence-electron chi connectivity index (χ4n) is 0.712. The molecule has 0 unspecified atom stereocenters. The van der Waals surface area contributed by atoms with Gasteiger partial charge in [0.15, 0.2) is 0 Å². The van der Waals surface area contributed by atoms with Crippen molar-refractivity contribution in [3.63, 3.8) is 0 Å². The standard InChI is InChI=1S/C7H8N2O4S/c8-7(14(11,12)13)9-5-1-3-6(10)4-2-5/h1-4,10H,(H2,8,9)(H,11,12,13). The van der Waals surface area contributed by atoms with E-state index in [0.717, 1.165) is 0 Å². The second-order valence-electron chi connectivity index (χ2n) is 2.44. The highest BCUT2D eigenvalue weighted by Crippen LogP contribution is 2.16. The molecule has 0 atom stereocenters. The smallest absolute Gasteiger partial charge is 0.328 e. The maximum absolute atomic E-state index is 10.5. The molecular weight excluding hydrogens is 208 g/mol. The first kappa shape index (κ1) is 10.5. The van der Waals surface area contributed by atoms with Crippen LogP contribution in [0.1, 0.15) is 0 Å². The van der Waals surface area contributed by atoms with Gasteiger partial charge in [-0.15, -0.1) is 0 Å². The van der Waals surface area contributed by atoms with Crippen molar-refractivity contribution in [1.82, 2.24) is 0 Å². The monoisotopic (exact) mass is 216 g/mol. The van der Waals surface area contributed by atoms with Crippen molar-refractivity contribution in [2.24, 2.45) is 10.7 Å². The molecule has 0 radical (unpaired) electrons. The molecular formula is C7H8N2O4S. The van der Waals surface area contributed by atoms with Crippen LogP contribution in [-0.4, -0.2) is 23.2 Å². The average Bonchev–Trinajstić information content (AvgIpc) is 2.07. The fourth-order valence-corrected chi connectivity index (χ4v) is 0.933. The third-order valence-electron chi connectivity index (χ3n) is 1.35. The van der Waals surface area contributed by atoms with Gasteiger partial charge in [0.1, 0.15) is 5.75 Å². The van der Waals surface area contributed by atoms with E-state index in [-0.39, 0.29) is 11.4 Å². The average molecular weight is 216 g/mol. The zero-order chi connectivity index (χ0) is 10.8. The lowest BCUT2D eigenvalue weighted by molar-refractivity contribution is 0.475. The Bertz CT molecular complexity index is 449. The van der Waals surface area contributed by atoms with Gasteiger partial charge in [-0.3, -0.25) is 4.55 Å². The summed E-state index contributed by atoms with van der Waals surface area (Å²) in [5, 5.41) is 8.02. The number of hydrogen-bond acceptors (Lipinski definition) is 4. The van der Waals surface area contributed by atoms with Crippen LogP contribution in [-0.2, 0) is 10.1 Å². The van der Waals surface area contributed by atoms with E-state index in [1.54, 1.807) is 0 Å². The Balaban J connectivity index is 3.05. The lowest BCUT2D eigenvalue weighted by Crippen LogP contribution is -2.22. The Hall–Kier alpha value is -1.60. The summed E-state index contributed by atoms with van der Waals surface area (Å²) in [6.45, 7) is 0. The highest BCUT2D eigenvalue weighted by atomic mass is 32.2. The Kier molecular flexibility index (Phi) is 2.73. The SMILES string of the molecule is NC(=Nc1ccc(O)cc1)S(=O)(=O)O. The Labute approximate surface area is 80.5 Å². The molecule has 0 aliphatic rings. The number of phenolic OH excluding ortho intramolecular Hbond substituents is 1. The molecule has 0 aromatic heterocycles. The van der Waals surface area contributed by atoms with Crippen LogP contribution in [0.2, 0.25) is 0 Å². The minimum absolute atomic E-state index is 0.0226. The number of benzene rings is 1. The first-order valence-electron chi connectivity index (χ1n) is 3.50. The van der Waals surface area contributed by atoms with Crippen molar-refractivity contribution in [1.29, 1.82) is 0 Å². The van der Waals surface area contributed by atoms with Crippen molar-refractivity contribution < 1.29 is 18.1 Å². The van der Waals surface area contributed by atoms with E-state index in [0.29, 0.717) is 0 Å². The maximum Gasteiger partial charge on any atom is 0.328 e. The van der Waals surface area contributed by atoms with E-state index in [2.05, 4.69) is 4.99 Å². The lowest BCUT2D eigenvalue weighted by Gasteiger charge is -1.96. The molecule has 1 aromatic rings. The van der Waals surface area contributed by atoms with Crippen molar-refractivity contribution >= 4 is 21.0 Å². The number of amidine groups is 1. The van der Waals surface area contributed by atoms with Crippen LogP contribution in [0.15, 0.2) is 29.3 Å². The minimum atomic E-state index is -4.45. The van der Waals surface area contributed by atoms with Crippen LogP contribution in [0.3, 0.4) is 0 Å². The number of hydrogen-bond donors (Lipinski definition) is 3. The molecule has 7 heteroatoms. The molecule has 0 spiro atoms. The van der Waals surface area contributed by atoms with Crippen LogP contribution >= 0.6 is 0 Å². The Morgan fingerprint density at radius 1 is 1.29 bits per heavy atom. The van der Waals surface area contributed by atoms with E-state index in [1.165, 1.54) is 24.3 Å². The van der Waals surface area contributed by atoms with Gasteiger partial charge in [-0.2, -0.15) is 8.42 Å². The molecule has 0 saturated carbocycles. The third kappa shape index (κ3) is 2.71. The molecule has 0 heterocycles. The van der Waals surface area contributed by atoms with Crippen molar-refractivity contribution in [2.45, 2.75) is 0 Å². The summed E-state index contributed by atoms with van der Waals surface area (Å²) in [6, 6.07) is 5.34. The first-order chi connectivity index (χ1) is 6.39. The molecule has 14 heavy (non-hydrogen) atoms. The molecule has 0 aliphatic carbocycles. The quantitative estimate of drug-likeness (QED) is 0.353. The maximum atomic E-state index is 10.5. The Morgan fingerprint density at radius 2 is 1.79 bits per heavy atom. The Morgan fingerprint density at radius 3 is 2.21 bits per heavy atom. The highest BCUT2D eigenvalue weighted by Gasteiger charge is 2.10. The summed E-state index contributed by atoms with van der Waals surface area (Å²) in [4.78, 5) is 3.42. The summed E-state index contributed by atoms with van der Waals surface area (Å²) in [6.07, 6.45) is 0. The lowest BCUT2D eigenvalue weighted by atomic mass is 10.3. The van der Waals surface area contributed by atoms with Crippen LogP contribution in [0, 0.1) is 0 Å². The number of aromatic hydroxyl groups is 1. The zero-order valence-electron chi connectivity index (χ0n) is 6.95. The molecule has 1 aromatic carbocycles. The number of nitrogens with zero attached hydrogens (tertiary/aromatic N) is 1. The van der Waals surface area contributed by atoms with E-state index in [1.807, 2.05) is 0 Å². The second kappa shape index (κ2) is 3.64. The molecule has 0 fully saturated rings. The predicted molar refractivity (Wildman–Crippen MR) is 50.9 cm³/mol. The van der Waals surface area contributed by atoms with E-state index in [4.69, 9.17) is 15.4 Å². The van der Waals surface area contributed by atoms with Gasteiger partial charge < -0.3 is 10.8 Å². The largest absolute Gasteiger partial charge is 0.508 e. The molecule has 0 saturated heterocycles. The van der Waals surface area contributed by atoms with Crippen LogP contribution < -0.4 is 5.73 Å². The molecule has 76 valence electrons. The molecule has 4 N–H and O–H groups in total. The van der Waals surface area contributed by atoms with Gasteiger partial charge in [0.2, 0.25) is 5.17 Å². The number of rotatable bonds is 1. The second-order valence-corrected chi connectivity index (χ2v) is 3.81. The van der Waals surface area contributed by atoms with E-state index >= 15 is 0 Å². The van der Waals surface area contributed by atoms with E-state index < -0.39 is 15.3 Å². The molecule has 0 aliphatic heterocycles. The van der Waals surface area contributed by atoms with Gasteiger partial charge in [0, 0.05) is 0 Å². The highest BCUT2D eigenvalue weighted by molar-refractivity contribution is 8.01. The molecule has 6 nitrogen and oxygen atoms in total. The van der Waals surface area contributed by atoms with E-state index in [9.17, 15) is 8.42 Å². The predicted octanol–water partition coefficient (Wildman–Crippen LogP) is 0.226. The summed E-state index contributed by atoms with van der Waals surface area (Å²) in [5.74, 6) is 0.0226. The molecule has 0 amide bonds.